The summed E-state index contributed by atoms with van der Waals surface area (Å²) >= 11 is 0. The van der Waals surface area contributed by atoms with E-state index in [2.05, 4.69) is 15.3 Å². The lowest BCUT2D eigenvalue weighted by Crippen LogP contribution is -2.38. The average Bonchev–Trinajstić information content (AvgIpc) is 2.98. The smallest absolute Gasteiger partial charge is 0.261 e. The molecule has 0 aliphatic heterocycles. The van der Waals surface area contributed by atoms with Crippen LogP contribution in [0.15, 0.2) is 36.7 Å². The van der Waals surface area contributed by atoms with Crippen molar-refractivity contribution in [1.29, 1.82) is 0 Å². The number of carbonyl (C=O) groups is 1. The summed E-state index contributed by atoms with van der Waals surface area (Å²) in [6, 6.07) is 5.50. The molecule has 1 aromatic carbocycles. The molecule has 2 N–H and O–H groups in total. The first-order chi connectivity index (χ1) is 10.1. The first-order valence-electron chi connectivity index (χ1n) is 6.82. The van der Waals surface area contributed by atoms with Crippen LogP contribution in [0.5, 0.6) is 5.75 Å². The van der Waals surface area contributed by atoms with E-state index in [1.165, 1.54) is 18.2 Å². The van der Waals surface area contributed by atoms with E-state index in [4.69, 9.17) is 4.74 Å². The van der Waals surface area contributed by atoms with Crippen LogP contribution in [0.1, 0.15) is 32.1 Å². The Labute approximate surface area is 122 Å². The molecule has 0 aliphatic rings. The molecule has 0 fully saturated rings. The minimum atomic E-state index is -0.726. The van der Waals surface area contributed by atoms with E-state index >= 15 is 0 Å². The van der Waals surface area contributed by atoms with Gasteiger partial charge in [0.15, 0.2) is 6.10 Å². The number of halogens is 1. The van der Waals surface area contributed by atoms with Crippen LogP contribution in [-0.4, -0.2) is 22.0 Å². The molecule has 2 atom stereocenters. The number of hydrogen-bond donors (Lipinski definition) is 2. The van der Waals surface area contributed by atoms with Crippen molar-refractivity contribution in [2.45, 2.75) is 32.4 Å². The zero-order valence-electron chi connectivity index (χ0n) is 12.0. The van der Waals surface area contributed by atoms with Crippen molar-refractivity contribution >= 4 is 5.91 Å². The van der Waals surface area contributed by atoms with E-state index in [1.807, 2.05) is 6.92 Å². The van der Waals surface area contributed by atoms with E-state index in [9.17, 15) is 9.18 Å². The second-order valence-corrected chi connectivity index (χ2v) is 4.66. The molecular weight excluding hydrogens is 273 g/mol. The summed E-state index contributed by atoms with van der Waals surface area (Å²) in [6.45, 7) is 3.57. The van der Waals surface area contributed by atoms with Gasteiger partial charge in [-0.3, -0.25) is 4.79 Å². The number of ether oxygens (including phenoxy) is 1. The zero-order chi connectivity index (χ0) is 15.2. The van der Waals surface area contributed by atoms with Gasteiger partial charge in [-0.1, -0.05) is 13.0 Å². The van der Waals surface area contributed by atoms with Crippen molar-refractivity contribution in [3.8, 4) is 5.75 Å². The molecule has 0 radical (unpaired) electrons. The molecule has 112 valence electrons. The fourth-order valence-electron chi connectivity index (χ4n) is 1.92. The van der Waals surface area contributed by atoms with Crippen LogP contribution in [0.2, 0.25) is 0 Å². The quantitative estimate of drug-likeness (QED) is 0.859. The van der Waals surface area contributed by atoms with E-state index in [0.717, 1.165) is 0 Å². The van der Waals surface area contributed by atoms with E-state index in [1.54, 1.807) is 25.4 Å². The van der Waals surface area contributed by atoms with Gasteiger partial charge in [-0.15, -0.1) is 0 Å². The summed E-state index contributed by atoms with van der Waals surface area (Å²) in [6.07, 6.45) is 3.32. The van der Waals surface area contributed by atoms with Gasteiger partial charge in [0.25, 0.3) is 5.91 Å². The zero-order valence-corrected chi connectivity index (χ0v) is 12.0. The molecular formula is C15H18FN3O2. The molecule has 1 aromatic heterocycles. The molecule has 21 heavy (non-hydrogen) atoms. The fraction of sp³-hybridized carbons (Fsp3) is 0.333. The summed E-state index contributed by atoms with van der Waals surface area (Å²) < 4.78 is 18.5. The number of carbonyl (C=O) groups excluding carboxylic acids is 1. The number of aromatic amines is 1. The molecule has 2 rings (SSSR count). The highest BCUT2D eigenvalue weighted by molar-refractivity contribution is 5.81. The maximum Gasteiger partial charge on any atom is 0.261 e. The predicted molar refractivity (Wildman–Crippen MR) is 76.3 cm³/mol. The highest BCUT2D eigenvalue weighted by Gasteiger charge is 2.20. The maximum atomic E-state index is 13.1. The minimum absolute atomic E-state index is 0.203. The molecule has 0 bridgehead atoms. The number of hydrogen-bond acceptors (Lipinski definition) is 3. The molecule has 1 amide bonds. The van der Waals surface area contributed by atoms with E-state index in [0.29, 0.717) is 18.0 Å². The van der Waals surface area contributed by atoms with Crippen molar-refractivity contribution in [2.24, 2.45) is 0 Å². The van der Waals surface area contributed by atoms with Crippen LogP contribution in [0, 0.1) is 5.82 Å². The second kappa shape index (κ2) is 6.88. The lowest BCUT2D eigenvalue weighted by Gasteiger charge is -2.19. The Morgan fingerprint density at radius 2 is 2.33 bits per heavy atom. The molecule has 0 saturated heterocycles. The van der Waals surface area contributed by atoms with Gasteiger partial charge < -0.3 is 15.0 Å². The lowest BCUT2D eigenvalue weighted by atomic mass is 10.2. The van der Waals surface area contributed by atoms with Gasteiger partial charge in [0.05, 0.1) is 6.04 Å². The number of imidazole rings is 1. The topological polar surface area (TPSA) is 67.0 Å². The minimum Gasteiger partial charge on any atom is -0.481 e. The number of benzene rings is 1. The van der Waals surface area contributed by atoms with Crippen molar-refractivity contribution in [3.05, 3.63) is 48.3 Å². The van der Waals surface area contributed by atoms with E-state index < -0.39 is 11.9 Å². The number of aromatic nitrogens is 2. The number of H-pyrrole nitrogens is 1. The third-order valence-corrected chi connectivity index (χ3v) is 3.05. The molecule has 0 saturated carbocycles. The molecule has 0 aliphatic carbocycles. The van der Waals surface area contributed by atoms with Gasteiger partial charge in [0.2, 0.25) is 0 Å². The third-order valence-electron chi connectivity index (χ3n) is 3.05. The predicted octanol–water partition coefficient (Wildman–Crippen LogP) is 2.58. The van der Waals surface area contributed by atoms with Gasteiger partial charge in [-0.05, 0) is 25.5 Å². The largest absolute Gasteiger partial charge is 0.481 e. The summed E-state index contributed by atoms with van der Waals surface area (Å²) in [7, 11) is 0. The fourth-order valence-corrected chi connectivity index (χ4v) is 1.92. The Kier molecular flexibility index (Phi) is 4.92. The number of nitrogens with zero attached hydrogens (tertiary/aromatic N) is 1. The Morgan fingerprint density at radius 1 is 1.52 bits per heavy atom. The molecule has 6 heteroatoms. The monoisotopic (exact) mass is 291 g/mol. The Bertz CT molecular complexity index is 586. The van der Waals surface area contributed by atoms with Gasteiger partial charge in [-0.2, -0.15) is 0 Å². The highest BCUT2D eigenvalue weighted by atomic mass is 19.1. The highest BCUT2D eigenvalue weighted by Crippen LogP contribution is 2.15. The Morgan fingerprint density at radius 3 is 2.95 bits per heavy atom. The Hall–Kier alpha value is -2.37. The summed E-state index contributed by atoms with van der Waals surface area (Å²) in [5, 5.41) is 2.85. The summed E-state index contributed by atoms with van der Waals surface area (Å²) in [4.78, 5) is 19.2. The van der Waals surface area contributed by atoms with Crippen LogP contribution in [0.4, 0.5) is 4.39 Å². The summed E-state index contributed by atoms with van der Waals surface area (Å²) in [5.41, 5.74) is 0. The van der Waals surface area contributed by atoms with Crippen molar-refractivity contribution < 1.29 is 13.9 Å². The first-order valence-corrected chi connectivity index (χ1v) is 6.82. The first kappa shape index (κ1) is 15.0. The number of amides is 1. The number of rotatable bonds is 6. The van der Waals surface area contributed by atoms with Crippen molar-refractivity contribution in [1.82, 2.24) is 15.3 Å². The van der Waals surface area contributed by atoms with E-state index in [-0.39, 0.29) is 11.9 Å². The van der Waals surface area contributed by atoms with Gasteiger partial charge in [-0.25, -0.2) is 9.37 Å². The molecule has 5 nitrogen and oxygen atoms in total. The SMILES string of the molecule is CCC(NC(=O)C(C)Oc1cccc(F)c1)c1ncc[nH]1. The van der Waals surface area contributed by atoms with Crippen LogP contribution in [0.25, 0.3) is 0 Å². The average molecular weight is 291 g/mol. The summed E-state index contributed by atoms with van der Waals surface area (Å²) in [5.74, 6) is 0.345. The van der Waals surface area contributed by atoms with Crippen LogP contribution in [-0.2, 0) is 4.79 Å². The van der Waals surface area contributed by atoms with Crippen molar-refractivity contribution in [3.63, 3.8) is 0 Å². The Balaban J connectivity index is 1.96. The number of nitrogens with one attached hydrogen (secondary N) is 2. The normalized spacial score (nSPS) is 13.5. The van der Waals surface area contributed by atoms with Crippen LogP contribution >= 0.6 is 0 Å². The van der Waals surface area contributed by atoms with Gasteiger partial charge >= 0.3 is 0 Å². The second-order valence-electron chi connectivity index (χ2n) is 4.66. The lowest BCUT2D eigenvalue weighted by molar-refractivity contribution is -0.128. The van der Waals surface area contributed by atoms with Gasteiger partial charge in [0.1, 0.15) is 17.4 Å². The molecule has 2 aromatic rings. The van der Waals surface area contributed by atoms with Crippen LogP contribution < -0.4 is 10.1 Å². The standard InChI is InChI=1S/C15H18FN3O2/c1-3-13(14-17-7-8-18-14)19-15(20)10(2)21-12-6-4-5-11(16)9-12/h4-10,13H,3H2,1-2H3,(H,17,18)(H,19,20). The van der Waals surface area contributed by atoms with Crippen molar-refractivity contribution in [2.75, 3.05) is 0 Å². The van der Waals surface area contributed by atoms with Gasteiger partial charge in [0, 0.05) is 18.5 Å². The molecule has 2 unspecified atom stereocenters. The van der Waals surface area contributed by atoms with Crippen LogP contribution in [0.3, 0.4) is 0 Å². The maximum absolute atomic E-state index is 13.1. The molecule has 0 spiro atoms. The molecule has 1 heterocycles. The third kappa shape index (κ3) is 4.05.